The van der Waals surface area contributed by atoms with Crippen LogP contribution in [0.25, 0.3) is 0 Å². The number of urea groups is 1. The van der Waals surface area contributed by atoms with E-state index in [1.807, 2.05) is 30.3 Å². The first kappa shape index (κ1) is 22.5. The summed E-state index contributed by atoms with van der Waals surface area (Å²) in [6.45, 7) is 0.159. The molecule has 0 heterocycles. The van der Waals surface area contributed by atoms with Gasteiger partial charge in [-0.25, -0.2) is 4.79 Å². The molecule has 3 rings (SSSR count). The van der Waals surface area contributed by atoms with Crippen LogP contribution in [0.2, 0.25) is 0 Å². The lowest BCUT2D eigenvalue weighted by atomic mass is 9.96. The summed E-state index contributed by atoms with van der Waals surface area (Å²) in [7, 11) is 0. The molecule has 3 N–H and O–H groups in total. The highest BCUT2D eigenvalue weighted by atomic mass is 19.4. The van der Waals surface area contributed by atoms with Crippen LogP contribution < -0.4 is 20.7 Å². The average Bonchev–Trinajstić information content (AvgIpc) is 3.21. The van der Waals surface area contributed by atoms with Gasteiger partial charge in [0.05, 0.1) is 0 Å². The topological polar surface area (TPSA) is 79.5 Å². The number of halogens is 3. The lowest BCUT2D eigenvalue weighted by molar-refractivity contribution is -0.274. The number of hydrogen-bond acceptors (Lipinski definition) is 3. The van der Waals surface area contributed by atoms with Crippen LogP contribution in [-0.4, -0.2) is 23.8 Å². The highest BCUT2D eigenvalue weighted by Gasteiger charge is 2.42. The molecule has 0 bridgehead atoms. The molecule has 0 aliphatic heterocycles. The van der Waals surface area contributed by atoms with Crippen molar-refractivity contribution in [2.75, 3.05) is 0 Å². The van der Waals surface area contributed by atoms with Crippen LogP contribution in [0.3, 0.4) is 0 Å². The normalized spacial score (nSPS) is 15.2. The van der Waals surface area contributed by atoms with Gasteiger partial charge >= 0.3 is 12.4 Å². The maximum atomic E-state index is 12.9. The van der Waals surface area contributed by atoms with Crippen molar-refractivity contribution in [1.29, 1.82) is 0 Å². The zero-order chi connectivity index (χ0) is 22.3. The van der Waals surface area contributed by atoms with Crippen molar-refractivity contribution < 1.29 is 27.5 Å². The van der Waals surface area contributed by atoms with Crippen LogP contribution in [0.1, 0.15) is 36.8 Å². The summed E-state index contributed by atoms with van der Waals surface area (Å²) in [4.78, 5) is 25.4. The smallest absolute Gasteiger partial charge is 0.405 e. The molecule has 1 fully saturated rings. The van der Waals surface area contributed by atoms with E-state index in [0.29, 0.717) is 19.4 Å². The second kappa shape index (κ2) is 9.72. The summed E-state index contributed by atoms with van der Waals surface area (Å²) >= 11 is 0. The van der Waals surface area contributed by atoms with E-state index in [4.69, 9.17) is 0 Å². The van der Waals surface area contributed by atoms with Crippen molar-refractivity contribution in [2.24, 2.45) is 0 Å². The van der Waals surface area contributed by atoms with Gasteiger partial charge in [-0.3, -0.25) is 4.79 Å². The fourth-order valence-corrected chi connectivity index (χ4v) is 3.65. The molecule has 3 amide bonds. The van der Waals surface area contributed by atoms with Crippen LogP contribution in [0, 0.1) is 0 Å². The number of amides is 3. The number of alkyl halides is 3. The first-order valence-corrected chi connectivity index (χ1v) is 9.99. The molecule has 0 saturated heterocycles. The molecule has 0 spiro atoms. The van der Waals surface area contributed by atoms with Crippen molar-refractivity contribution >= 4 is 11.9 Å². The molecule has 0 aromatic heterocycles. The van der Waals surface area contributed by atoms with Crippen molar-refractivity contribution in [3.8, 4) is 5.75 Å². The van der Waals surface area contributed by atoms with Gasteiger partial charge in [-0.2, -0.15) is 0 Å². The number of benzene rings is 2. The Morgan fingerprint density at radius 2 is 1.55 bits per heavy atom. The third-order valence-corrected chi connectivity index (χ3v) is 5.18. The van der Waals surface area contributed by atoms with Gasteiger partial charge in [0.25, 0.3) is 0 Å². The fourth-order valence-electron chi connectivity index (χ4n) is 3.65. The van der Waals surface area contributed by atoms with Gasteiger partial charge in [-0.15, -0.1) is 13.2 Å². The number of carbonyl (C=O) groups excluding carboxylic acids is 2. The molecule has 0 unspecified atom stereocenters. The number of rotatable bonds is 7. The third kappa shape index (κ3) is 6.37. The second-order valence-corrected chi connectivity index (χ2v) is 7.42. The molecule has 1 saturated carbocycles. The van der Waals surface area contributed by atoms with Gasteiger partial charge in [-0.1, -0.05) is 61.4 Å². The summed E-state index contributed by atoms with van der Waals surface area (Å²) in [5.74, 6) is -0.800. The van der Waals surface area contributed by atoms with Crippen molar-refractivity contribution in [3.63, 3.8) is 0 Å². The summed E-state index contributed by atoms with van der Waals surface area (Å²) in [5.41, 5.74) is 0.0133. The monoisotopic (exact) mass is 435 g/mol. The molecule has 1 aliphatic rings. The summed E-state index contributed by atoms with van der Waals surface area (Å²) in [6.07, 6.45) is -2.39. The number of nitrogens with one attached hydrogen (secondary N) is 3. The first-order valence-electron chi connectivity index (χ1n) is 9.99. The zero-order valence-corrected chi connectivity index (χ0v) is 16.8. The largest absolute Gasteiger partial charge is 0.573 e. The minimum atomic E-state index is -4.83. The molecule has 2 aromatic carbocycles. The maximum absolute atomic E-state index is 12.9. The van der Waals surface area contributed by atoms with Crippen LogP contribution in [0.15, 0.2) is 54.6 Å². The molecule has 166 valence electrons. The van der Waals surface area contributed by atoms with Gasteiger partial charge in [0.15, 0.2) is 0 Å². The Bertz CT molecular complexity index is 898. The first-order chi connectivity index (χ1) is 14.8. The van der Waals surface area contributed by atoms with Crippen LogP contribution in [0.4, 0.5) is 18.0 Å². The van der Waals surface area contributed by atoms with Crippen molar-refractivity contribution in [2.45, 2.75) is 50.7 Å². The van der Waals surface area contributed by atoms with Gasteiger partial charge in [0.2, 0.25) is 5.91 Å². The molecule has 1 aliphatic carbocycles. The Labute approximate surface area is 178 Å². The van der Waals surface area contributed by atoms with Crippen LogP contribution >= 0.6 is 0 Å². The number of para-hydroxylation sites is 1. The predicted octanol–water partition coefficient (Wildman–Crippen LogP) is 4.01. The van der Waals surface area contributed by atoms with E-state index < -0.39 is 23.8 Å². The Morgan fingerprint density at radius 1 is 0.903 bits per heavy atom. The SMILES string of the molecule is O=C(NCc1ccccc1)NC1(C(=O)NCc2ccccc2OC(F)(F)F)CCCC1. The van der Waals surface area contributed by atoms with Crippen LogP contribution in [0.5, 0.6) is 5.75 Å². The highest BCUT2D eigenvalue weighted by molar-refractivity contribution is 5.91. The average molecular weight is 435 g/mol. The van der Waals surface area contributed by atoms with Gasteiger partial charge in [0.1, 0.15) is 11.3 Å². The quantitative estimate of drug-likeness (QED) is 0.615. The lowest BCUT2D eigenvalue weighted by Gasteiger charge is -2.29. The van der Waals surface area contributed by atoms with Crippen molar-refractivity contribution in [1.82, 2.24) is 16.0 Å². The second-order valence-electron chi connectivity index (χ2n) is 7.42. The van der Waals surface area contributed by atoms with Gasteiger partial charge in [0, 0.05) is 18.7 Å². The summed E-state index contributed by atoms with van der Waals surface area (Å²) in [5, 5.41) is 8.18. The molecular weight excluding hydrogens is 411 g/mol. The number of hydrogen-bond donors (Lipinski definition) is 3. The Hall–Kier alpha value is -3.23. The molecule has 31 heavy (non-hydrogen) atoms. The van der Waals surface area contributed by atoms with Gasteiger partial charge in [-0.05, 0) is 24.5 Å². The van der Waals surface area contributed by atoms with E-state index in [9.17, 15) is 22.8 Å². The minimum Gasteiger partial charge on any atom is -0.405 e. The fraction of sp³-hybridized carbons (Fsp3) is 0.364. The van der Waals surface area contributed by atoms with E-state index in [-0.39, 0.29) is 17.9 Å². The zero-order valence-electron chi connectivity index (χ0n) is 16.8. The number of ether oxygens (including phenoxy) is 1. The van der Waals surface area contributed by atoms with Crippen molar-refractivity contribution in [3.05, 3.63) is 65.7 Å². The molecule has 0 atom stereocenters. The highest BCUT2D eigenvalue weighted by Crippen LogP contribution is 2.31. The lowest BCUT2D eigenvalue weighted by Crippen LogP contribution is -2.59. The minimum absolute atomic E-state index is 0.153. The molecule has 2 aromatic rings. The van der Waals surface area contributed by atoms with E-state index in [1.165, 1.54) is 18.2 Å². The molecule has 0 radical (unpaired) electrons. The summed E-state index contributed by atoms with van der Waals surface area (Å²) in [6, 6.07) is 14.5. The predicted molar refractivity (Wildman–Crippen MR) is 108 cm³/mol. The Balaban J connectivity index is 1.61. The third-order valence-electron chi connectivity index (χ3n) is 5.18. The molecule has 6 nitrogen and oxygen atoms in total. The van der Waals surface area contributed by atoms with E-state index in [1.54, 1.807) is 6.07 Å². The summed E-state index contributed by atoms with van der Waals surface area (Å²) < 4.78 is 41.8. The van der Waals surface area contributed by atoms with Crippen LogP contribution in [-0.2, 0) is 17.9 Å². The van der Waals surface area contributed by atoms with E-state index in [0.717, 1.165) is 18.4 Å². The maximum Gasteiger partial charge on any atom is 0.573 e. The number of carbonyl (C=O) groups is 2. The standard InChI is InChI=1S/C22H24F3N3O3/c23-22(24,25)31-18-11-5-4-10-17(18)15-26-19(29)21(12-6-7-13-21)28-20(30)27-14-16-8-2-1-3-9-16/h1-5,8-11H,6-7,12-15H2,(H,26,29)(H2,27,28,30). The Kier molecular flexibility index (Phi) is 7.04. The molecular formula is C22H24F3N3O3. The van der Waals surface area contributed by atoms with E-state index in [2.05, 4.69) is 20.7 Å². The van der Waals surface area contributed by atoms with Gasteiger partial charge < -0.3 is 20.7 Å². The Morgan fingerprint density at radius 3 is 2.23 bits per heavy atom. The molecule has 9 heteroatoms. The van der Waals surface area contributed by atoms with E-state index >= 15 is 0 Å².